The van der Waals surface area contributed by atoms with Crippen molar-refractivity contribution in [1.82, 2.24) is 5.32 Å². The number of aliphatic hydroxyl groups is 1. The summed E-state index contributed by atoms with van der Waals surface area (Å²) in [4.78, 5) is 68.4. The summed E-state index contributed by atoms with van der Waals surface area (Å²) in [6.07, 6.45) is 6.34. The van der Waals surface area contributed by atoms with Crippen molar-refractivity contribution in [1.29, 1.82) is 0 Å². The van der Waals surface area contributed by atoms with E-state index in [2.05, 4.69) is 5.32 Å². The minimum absolute atomic E-state index is 0.00566. The van der Waals surface area contributed by atoms with Crippen LogP contribution in [0.3, 0.4) is 0 Å². The average molecular weight is 746 g/mol. The SMILES string of the molecule is CC(C)(C)OC(=O)N[C@@H](Cc1ccc(N(CCCl)CCCl)cc1)C(=O)OCC(=O)[C@@]1(O)CC[C@H]2[C@@H]3CCC4=CC(=O)C=C[C@]4(C)[C@H]3C(=O)C[C@@]21C. The Morgan fingerprint density at radius 3 is 2.35 bits per heavy atom. The smallest absolute Gasteiger partial charge is 0.408 e. The summed E-state index contributed by atoms with van der Waals surface area (Å²) in [6.45, 7) is 9.43. The quantitative estimate of drug-likeness (QED) is 0.203. The Bertz CT molecular complexity index is 1600. The Hall–Kier alpha value is -3.21. The number of esters is 1. The van der Waals surface area contributed by atoms with Gasteiger partial charge in [0.1, 0.15) is 23.0 Å². The van der Waals surface area contributed by atoms with Crippen molar-refractivity contribution in [2.45, 2.75) is 90.4 Å². The van der Waals surface area contributed by atoms with Gasteiger partial charge in [-0.25, -0.2) is 9.59 Å². The van der Waals surface area contributed by atoms with Gasteiger partial charge in [0.2, 0.25) is 5.78 Å². The average Bonchev–Trinajstić information content (AvgIpc) is 3.33. The van der Waals surface area contributed by atoms with Crippen LogP contribution in [-0.2, 0) is 35.1 Å². The molecule has 10 nitrogen and oxygen atoms in total. The van der Waals surface area contributed by atoms with Gasteiger partial charge in [-0.15, -0.1) is 23.2 Å². The Kier molecular flexibility index (Phi) is 11.5. The molecule has 0 aromatic heterocycles. The molecule has 1 aromatic carbocycles. The van der Waals surface area contributed by atoms with Crippen LogP contribution in [0.5, 0.6) is 0 Å². The van der Waals surface area contributed by atoms with Gasteiger partial charge in [0.25, 0.3) is 0 Å². The summed E-state index contributed by atoms with van der Waals surface area (Å²) in [7, 11) is 0. The molecule has 3 fully saturated rings. The largest absolute Gasteiger partial charge is 0.456 e. The molecule has 0 saturated heterocycles. The van der Waals surface area contributed by atoms with Crippen LogP contribution in [0.4, 0.5) is 10.5 Å². The minimum atomic E-state index is -1.88. The normalized spacial score (nSPS) is 30.4. The molecular formula is C39H50Cl2N2O8. The Morgan fingerprint density at radius 2 is 1.73 bits per heavy atom. The van der Waals surface area contributed by atoms with Crippen LogP contribution in [0.1, 0.15) is 72.3 Å². The molecule has 0 spiro atoms. The monoisotopic (exact) mass is 744 g/mol. The number of halogens is 2. The number of anilines is 1. The maximum Gasteiger partial charge on any atom is 0.408 e. The molecule has 1 amide bonds. The maximum absolute atomic E-state index is 14.0. The molecule has 0 aliphatic heterocycles. The first kappa shape index (κ1) is 39.0. The van der Waals surface area contributed by atoms with E-state index in [-0.39, 0.29) is 48.6 Å². The number of alkyl carbamates (subject to hydrolysis) is 1. The first-order valence-electron chi connectivity index (χ1n) is 17.8. The third-order valence-corrected chi connectivity index (χ3v) is 12.0. The highest BCUT2D eigenvalue weighted by atomic mass is 35.5. The van der Waals surface area contributed by atoms with E-state index in [0.29, 0.717) is 44.1 Å². The molecule has 2 N–H and O–H groups in total. The predicted octanol–water partition coefficient (Wildman–Crippen LogP) is 5.74. The number of carbonyl (C=O) groups excluding carboxylic acids is 5. The van der Waals surface area contributed by atoms with Gasteiger partial charge >= 0.3 is 12.1 Å². The Labute approximate surface area is 310 Å². The number of hydrogen-bond donors (Lipinski definition) is 2. The predicted molar refractivity (Wildman–Crippen MR) is 195 cm³/mol. The number of carbonyl (C=O) groups is 5. The zero-order valence-corrected chi connectivity index (χ0v) is 31.6. The van der Waals surface area contributed by atoms with Crippen LogP contribution < -0.4 is 10.2 Å². The van der Waals surface area contributed by atoms with Crippen LogP contribution >= 0.6 is 23.2 Å². The van der Waals surface area contributed by atoms with E-state index in [9.17, 15) is 29.1 Å². The van der Waals surface area contributed by atoms with Gasteiger partial charge in [-0.05, 0) is 88.1 Å². The van der Waals surface area contributed by atoms with Crippen molar-refractivity contribution in [3.8, 4) is 0 Å². The van der Waals surface area contributed by atoms with Crippen molar-refractivity contribution in [3.05, 3.63) is 53.6 Å². The summed E-state index contributed by atoms with van der Waals surface area (Å²) >= 11 is 11.9. The van der Waals surface area contributed by atoms with E-state index in [0.717, 1.165) is 16.8 Å². The number of allylic oxidation sites excluding steroid dienone is 4. The lowest BCUT2D eigenvalue weighted by Gasteiger charge is -2.56. The van der Waals surface area contributed by atoms with E-state index < -0.39 is 52.5 Å². The summed E-state index contributed by atoms with van der Waals surface area (Å²) in [6, 6.07) is 6.22. The van der Waals surface area contributed by atoms with Crippen molar-refractivity contribution < 1.29 is 38.6 Å². The number of fused-ring (bicyclic) bond motifs is 5. The fraction of sp³-hybridized carbons (Fsp3) is 0.615. The van der Waals surface area contributed by atoms with Gasteiger partial charge < -0.3 is 24.8 Å². The van der Waals surface area contributed by atoms with Crippen molar-refractivity contribution in [2.75, 3.05) is 36.4 Å². The molecular weight excluding hydrogens is 695 g/mol. The number of nitrogens with one attached hydrogen (secondary N) is 1. The van der Waals surface area contributed by atoms with E-state index in [4.69, 9.17) is 32.7 Å². The zero-order chi connectivity index (χ0) is 37.4. The molecule has 7 atom stereocenters. The first-order chi connectivity index (χ1) is 24.0. The summed E-state index contributed by atoms with van der Waals surface area (Å²) in [5.41, 5.74) is -1.73. The topological polar surface area (TPSA) is 139 Å². The minimum Gasteiger partial charge on any atom is -0.456 e. The number of ether oxygens (including phenoxy) is 2. The maximum atomic E-state index is 14.0. The third-order valence-electron chi connectivity index (χ3n) is 11.6. The first-order valence-corrected chi connectivity index (χ1v) is 18.9. The Balaban J connectivity index is 1.30. The third kappa shape index (κ3) is 7.79. The van der Waals surface area contributed by atoms with Crippen LogP contribution in [-0.4, -0.2) is 83.2 Å². The molecule has 4 aliphatic rings. The lowest BCUT2D eigenvalue weighted by atomic mass is 9.46. The molecule has 51 heavy (non-hydrogen) atoms. The van der Waals surface area contributed by atoms with Crippen molar-refractivity contribution in [3.63, 3.8) is 0 Å². The fourth-order valence-corrected chi connectivity index (χ4v) is 9.55. The molecule has 4 aliphatic carbocycles. The lowest BCUT2D eigenvalue weighted by molar-refractivity contribution is -0.173. The van der Waals surface area contributed by atoms with Gasteiger partial charge in [0, 0.05) is 60.1 Å². The number of benzene rings is 1. The number of nitrogens with zero attached hydrogens (tertiary/aromatic N) is 1. The van der Waals surface area contributed by atoms with E-state index >= 15 is 0 Å². The van der Waals surface area contributed by atoms with Crippen LogP contribution in [0.15, 0.2) is 48.1 Å². The number of amides is 1. The second-order valence-corrected chi connectivity index (χ2v) is 16.7. The molecule has 0 unspecified atom stereocenters. The standard InChI is InChI=1S/C39H50Cl2N2O8/c1-36(2,3)51-35(48)42-30(20-24-6-9-26(10-7-24)43(18-16-40)19-17-41)34(47)50-23-32(46)39(49)15-13-29-28-11-8-25-21-27(44)12-14-37(25,4)33(28)31(45)22-38(29,39)5/h6-7,9-10,12,14,21,28-30,33,49H,8,11,13,15-20,22-23H2,1-5H3,(H,42,48)/t28-,29-,30-,33+,37-,38-,39-/m0/s1. The van der Waals surface area contributed by atoms with E-state index in [1.807, 2.05) is 49.1 Å². The summed E-state index contributed by atoms with van der Waals surface area (Å²) in [5, 5.41) is 14.7. The number of alkyl halides is 2. The number of rotatable bonds is 12. The molecule has 5 rings (SSSR count). The van der Waals surface area contributed by atoms with E-state index in [1.165, 1.54) is 6.08 Å². The molecule has 12 heteroatoms. The molecule has 3 saturated carbocycles. The van der Waals surface area contributed by atoms with Gasteiger partial charge in [0.15, 0.2) is 12.4 Å². The van der Waals surface area contributed by atoms with Crippen molar-refractivity contribution >= 4 is 58.3 Å². The lowest BCUT2D eigenvalue weighted by Crippen LogP contribution is -2.60. The van der Waals surface area contributed by atoms with Crippen LogP contribution in [0.25, 0.3) is 0 Å². The number of ketones is 3. The second kappa shape index (κ2) is 15.0. The summed E-state index contributed by atoms with van der Waals surface area (Å²) in [5.74, 6) is -1.29. The van der Waals surface area contributed by atoms with Gasteiger partial charge in [0.05, 0.1) is 0 Å². The highest BCUT2D eigenvalue weighted by molar-refractivity contribution is 6.18. The van der Waals surface area contributed by atoms with Crippen LogP contribution in [0, 0.1) is 28.6 Å². The van der Waals surface area contributed by atoms with Gasteiger partial charge in [-0.1, -0.05) is 37.6 Å². The van der Waals surface area contributed by atoms with Crippen LogP contribution in [0.2, 0.25) is 0 Å². The zero-order valence-electron chi connectivity index (χ0n) is 30.1. The summed E-state index contributed by atoms with van der Waals surface area (Å²) < 4.78 is 10.9. The van der Waals surface area contributed by atoms with E-state index in [1.54, 1.807) is 26.8 Å². The highest BCUT2D eigenvalue weighted by Crippen LogP contribution is 2.66. The number of hydrogen-bond acceptors (Lipinski definition) is 9. The second-order valence-electron chi connectivity index (χ2n) is 15.9. The molecule has 0 heterocycles. The van der Waals surface area contributed by atoms with Crippen molar-refractivity contribution in [2.24, 2.45) is 28.6 Å². The highest BCUT2D eigenvalue weighted by Gasteiger charge is 2.68. The van der Waals surface area contributed by atoms with Gasteiger partial charge in [-0.2, -0.15) is 0 Å². The molecule has 1 aromatic rings. The van der Waals surface area contributed by atoms with Gasteiger partial charge in [-0.3, -0.25) is 14.4 Å². The molecule has 0 bridgehead atoms. The fourth-order valence-electron chi connectivity index (χ4n) is 9.14. The number of Topliss-reactive ketones (excluding diaryl/α,β-unsaturated/α-hetero) is 2. The molecule has 278 valence electrons. The molecule has 0 radical (unpaired) electrons. The Morgan fingerprint density at radius 1 is 1.06 bits per heavy atom.